The van der Waals surface area contributed by atoms with E-state index in [0.29, 0.717) is 12.5 Å². The van der Waals surface area contributed by atoms with Crippen LogP contribution in [0.4, 0.5) is 10.7 Å². The molecule has 7 heteroatoms. The summed E-state index contributed by atoms with van der Waals surface area (Å²) in [6.45, 7) is 0.513. The summed E-state index contributed by atoms with van der Waals surface area (Å²) in [5.74, 6) is 1.13. The van der Waals surface area contributed by atoms with Crippen LogP contribution in [0.25, 0.3) is 39.8 Å². The van der Waals surface area contributed by atoms with Crippen molar-refractivity contribution in [3.05, 3.63) is 96.3 Å². The van der Waals surface area contributed by atoms with Crippen LogP contribution in [0.3, 0.4) is 0 Å². The Balaban J connectivity index is 1.26. The molecular weight excluding hydrogens is 412 g/mol. The SMILES string of the molecule is O=C(Nc1nc2cccc(-c3nc(-c4ccccc4)c[nH]3)c2[nH]1)N1C=Cc2ccccc2C1. The molecule has 5 aromatic rings. The molecule has 160 valence electrons. The number of aromatic amines is 2. The maximum atomic E-state index is 12.9. The van der Waals surface area contributed by atoms with Gasteiger partial charge < -0.3 is 9.97 Å². The fourth-order valence-corrected chi connectivity index (χ4v) is 4.06. The molecule has 0 bridgehead atoms. The Morgan fingerprint density at radius 2 is 1.79 bits per heavy atom. The van der Waals surface area contributed by atoms with Crippen molar-refractivity contribution in [3.8, 4) is 22.6 Å². The van der Waals surface area contributed by atoms with E-state index >= 15 is 0 Å². The van der Waals surface area contributed by atoms with Crippen molar-refractivity contribution < 1.29 is 4.79 Å². The largest absolute Gasteiger partial charge is 0.344 e. The maximum absolute atomic E-state index is 12.9. The average Bonchev–Trinajstić information content (AvgIpc) is 3.51. The summed E-state index contributed by atoms with van der Waals surface area (Å²) in [7, 11) is 0. The van der Waals surface area contributed by atoms with Gasteiger partial charge in [0.05, 0.1) is 23.3 Å². The fraction of sp³-hybridized carbons (Fsp3) is 0.0385. The highest BCUT2D eigenvalue weighted by atomic mass is 16.2. The first-order chi connectivity index (χ1) is 16.2. The number of aromatic nitrogens is 4. The van der Waals surface area contributed by atoms with Crippen LogP contribution in [-0.4, -0.2) is 30.9 Å². The quantitative estimate of drug-likeness (QED) is 0.345. The zero-order chi connectivity index (χ0) is 22.2. The Labute approximate surface area is 189 Å². The number of benzene rings is 3. The minimum absolute atomic E-state index is 0.245. The Morgan fingerprint density at radius 1 is 0.939 bits per heavy atom. The van der Waals surface area contributed by atoms with Gasteiger partial charge in [0.15, 0.2) is 0 Å². The summed E-state index contributed by atoms with van der Waals surface area (Å²) < 4.78 is 0. The molecule has 0 saturated heterocycles. The molecule has 0 unspecified atom stereocenters. The minimum atomic E-state index is -0.245. The van der Waals surface area contributed by atoms with Gasteiger partial charge >= 0.3 is 6.03 Å². The molecule has 1 aliphatic heterocycles. The van der Waals surface area contributed by atoms with Gasteiger partial charge in [-0.15, -0.1) is 0 Å². The van der Waals surface area contributed by atoms with Crippen LogP contribution in [0.5, 0.6) is 0 Å². The highest BCUT2D eigenvalue weighted by molar-refractivity contribution is 5.95. The fourth-order valence-electron chi connectivity index (χ4n) is 4.06. The third kappa shape index (κ3) is 3.55. The van der Waals surface area contributed by atoms with Gasteiger partial charge in [-0.05, 0) is 29.3 Å². The molecule has 0 spiro atoms. The number of nitrogens with zero attached hydrogens (tertiary/aromatic N) is 3. The Hall–Kier alpha value is -4.65. The number of nitrogens with one attached hydrogen (secondary N) is 3. The average molecular weight is 432 g/mol. The number of H-pyrrole nitrogens is 2. The summed E-state index contributed by atoms with van der Waals surface area (Å²) in [5, 5.41) is 2.88. The van der Waals surface area contributed by atoms with E-state index in [1.165, 1.54) is 0 Å². The first-order valence-electron chi connectivity index (χ1n) is 10.7. The lowest BCUT2D eigenvalue weighted by Gasteiger charge is -2.23. The third-order valence-electron chi connectivity index (χ3n) is 5.74. The number of fused-ring (bicyclic) bond motifs is 2. The van der Waals surface area contributed by atoms with Crippen LogP contribution in [0.1, 0.15) is 11.1 Å². The molecule has 6 rings (SSSR count). The zero-order valence-corrected chi connectivity index (χ0v) is 17.6. The highest BCUT2D eigenvalue weighted by Crippen LogP contribution is 2.28. The maximum Gasteiger partial charge on any atom is 0.328 e. The van der Waals surface area contributed by atoms with Gasteiger partial charge in [-0.3, -0.25) is 10.2 Å². The zero-order valence-electron chi connectivity index (χ0n) is 17.6. The van der Waals surface area contributed by atoms with E-state index in [9.17, 15) is 4.79 Å². The number of hydrogen-bond acceptors (Lipinski definition) is 3. The van der Waals surface area contributed by atoms with Crippen molar-refractivity contribution in [2.75, 3.05) is 5.32 Å². The molecule has 0 atom stereocenters. The highest BCUT2D eigenvalue weighted by Gasteiger charge is 2.19. The topological polar surface area (TPSA) is 89.7 Å². The number of carbonyl (C=O) groups excluding carboxylic acids is 1. The molecule has 0 aliphatic carbocycles. The molecule has 3 N–H and O–H groups in total. The third-order valence-corrected chi connectivity index (χ3v) is 5.74. The summed E-state index contributed by atoms with van der Waals surface area (Å²) in [6.07, 6.45) is 5.62. The van der Waals surface area contributed by atoms with Crippen LogP contribution >= 0.6 is 0 Å². The Morgan fingerprint density at radius 3 is 2.70 bits per heavy atom. The normalized spacial score (nSPS) is 12.7. The van der Waals surface area contributed by atoms with E-state index in [0.717, 1.165) is 44.8 Å². The molecule has 0 saturated carbocycles. The summed E-state index contributed by atoms with van der Waals surface area (Å²) in [4.78, 5) is 30.3. The predicted octanol–water partition coefficient (Wildman–Crippen LogP) is 5.64. The Kier molecular flexibility index (Phi) is 4.51. The van der Waals surface area contributed by atoms with Gasteiger partial charge in [-0.1, -0.05) is 60.7 Å². The number of carbonyl (C=O) groups is 1. The summed E-state index contributed by atoms with van der Waals surface area (Å²) in [5.41, 5.74) is 6.59. The van der Waals surface area contributed by atoms with Gasteiger partial charge in [-0.25, -0.2) is 14.8 Å². The summed E-state index contributed by atoms with van der Waals surface area (Å²) >= 11 is 0. The number of urea groups is 1. The van der Waals surface area contributed by atoms with Gasteiger partial charge in [-0.2, -0.15) is 0 Å². The van der Waals surface area contributed by atoms with E-state index in [2.05, 4.69) is 20.3 Å². The molecule has 3 heterocycles. The van der Waals surface area contributed by atoms with Crippen LogP contribution in [-0.2, 0) is 6.54 Å². The molecule has 7 nitrogen and oxygen atoms in total. The molecule has 2 aromatic heterocycles. The molecule has 1 aliphatic rings. The van der Waals surface area contributed by atoms with Gasteiger partial charge in [0.2, 0.25) is 5.95 Å². The minimum Gasteiger partial charge on any atom is -0.344 e. The lowest BCUT2D eigenvalue weighted by Crippen LogP contribution is -2.31. The second-order valence-corrected chi connectivity index (χ2v) is 7.86. The lowest BCUT2D eigenvalue weighted by atomic mass is 10.0. The first-order valence-corrected chi connectivity index (χ1v) is 10.7. The van der Waals surface area contributed by atoms with E-state index in [-0.39, 0.29) is 6.03 Å². The summed E-state index contributed by atoms with van der Waals surface area (Å²) in [6, 6.07) is 23.6. The Bertz CT molecular complexity index is 1500. The standard InChI is InChI=1S/C26H20N6O/c33-26(32-14-13-17-7-4-5-10-19(17)16-32)31-25-29-21-12-6-11-20(23(21)30-25)24-27-15-22(28-24)18-8-2-1-3-9-18/h1-15H,16H2,(H,27,28)(H2,29,30,31,33). The van der Waals surface area contributed by atoms with E-state index in [4.69, 9.17) is 4.98 Å². The molecule has 0 fully saturated rings. The number of imidazole rings is 2. The van der Waals surface area contributed by atoms with Crippen LogP contribution in [0.15, 0.2) is 85.2 Å². The predicted molar refractivity (Wildman–Crippen MR) is 129 cm³/mol. The number of hydrogen-bond donors (Lipinski definition) is 3. The van der Waals surface area contributed by atoms with Gasteiger partial charge in [0, 0.05) is 23.5 Å². The molecule has 3 aromatic carbocycles. The lowest BCUT2D eigenvalue weighted by molar-refractivity contribution is 0.226. The number of anilines is 1. The number of rotatable bonds is 3. The van der Waals surface area contributed by atoms with E-state index in [1.54, 1.807) is 11.1 Å². The molecule has 2 amide bonds. The first kappa shape index (κ1) is 19.1. The molecule has 0 radical (unpaired) electrons. The van der Waals surface area contributed by atoms with E-state index < -0.39 is 0 Å². The van der Waals surface area contributed by atoms with Crippen LogP contribution < -0.4 is 5.32 Å². The van der Waals surface area contributed by atoms with Crippen molar-refractivity contribution in [2.24, 2.45) is 0 Å². The molecular formula is C26H20N6O. The van der Waals surface area contributed by atoms with E-state index in [1.807, 2.05) is 85.1 Å². The van der Waals surface area contributed by atoms with Gasteiger partial charge in [0.25, 0.3) is 0 Å². The van der Waals surface area contributed by atoms with Crippen LogP contribution in [0.2, 0.25) is 0 Å². The van der Waals surface area contributed by atoms with Crippen molar-refractivity contribution in [3.63, 3.8) is 0 Å². The van der Waals surface area contributed by atoms with Crippen molar-refractivity contribution in [1.82, 2.24) is 24.8 Å². The number of amides is 2. The second-order valence-electron chi connectivity index (χ2n) is 7.86. The van der Waals surface area contributed by atoms with Crippen molar-refractivity contribution >= 4 is 29.1 Å². The smallest absolute Gasteiger partial charge is 0.328 e. The van der Waals surface area contributed by atoms with Crippen LogP contribution in [0, 0.1) is 0 Å². The molecule has 33 heavy (non-hydrogen) atoms. The monoisotopic (exact) mass is 432 g/mol. The van der Waals surface area contributed by atoms with Gasteiger partial charge in [0.1, 0.15) is 5.82 Å². The van der Waals surface area contributed by atoms with Crippen molar-refractivity contribution in [2.45, 2.75) is 6.54 Å². The number of para-hydroxylation sites is 1. The second kappa shape index (κ2) is 7.80. The van der Waals surface area contributed by atoms with Crippen molar-refractivity contribution in [1.29, 1.82) is 0 Å².